The minimum atomic E-state index is -0.421. The molecule has 0 radical (unpaired) electrons. The van der Waals surface area contributed by atoms with Crippen LogP contribution in [0.2, 0.25) is 0 Å². The fraction of sp³-hybridized carbons (Fsp3) is 1.00. The maximum atomic E-state index is 9.89. The van der Waals surface area contributed by atoms with Crippen LogP contribution in [0.5, 0.6) is 0 Å². The molecule has 0 aromatic rings. The Morgan fingerprint density at radius 3 is 2.86 bits per heavy atom. The third kappa shape index (κ3) is 5.91. The predicted molar refractivity (Wildman–Crippen MR) is 62.8 cm³/mol. The minimum absolute atomic E-state index is 0.177. The van der Waals surface area contributed by atoms with E-state index >= 15 is 0 Å². The summed E-state index contributed by atoms with van der Waals surface area (Å²) in [5, 5.41) is 18.5. The normalized spacial score (nSPS) is 15.0. The second kappa shape index (κ2) is 7.57. The van der Waals surface area contributed by atoms with Crippen LogP contribution in [0.4, 0.5) is 0 Å². The van der Waals surface area contributed by atoms with E-state index in [1.807, 2.05) is 13.8 Å². The summed E-state index contributed by atoms with van der Waals surface area (Å²) in [6.07, 6.45) is 1.82. The van der Waals surface area contributed by atoms with Crippen molar-refractivity contribution in [3.8, 4) is 0 Å². The van der Waals surface area contributed by atoms with Crippen LogP contribution in [0.25, 0.3) is 0 Å². The van der Waals surface area contributed by atoms with Crippen LogP contribution in [0.1, 0.15) is 33.1 Å². The lowest BCUT2D eigenvalue weighted by Crippen LogP contribution is -2.33. The van der Waals surface area contributed by atoms with Gasteiger partial charge in [0.15, 0.2) is 0 Å². The van der Waals surface area contributed by atoms with Gasteiger partial charge in [0.25, 0.3) is 0 Å². The van der Waals surface area contributed by atoms with E-state index in [9.17, 15) is 5.11 Å². The van der Waals surface area contributed by atoms with Gasteiger partial charge in [-0.05, 0) is 20.6 Å². The number of hydrogen-bond donors (Lipinski definition) is 2. The SMILES string of the molecule is [3H]BSOCC(C)(C)C(O)CCCCO. The lowest BCUT2D eigenvalue weighted by atomic mass is 9.85. The summed E-state index contributed by atoms with van der Waals surface area (Å²) in [6, 6.07) is 0. The van der Waals surface area contributed by atoms with Crippen molar-refractivity contribution in [1.29, 1.82) is 1.34 Å². The molecule has 0 aromatic heterocycles. The first-order valence-corrected chi connectivity index (χ1v) is 5.78. The highest BCUT2D eigenvalue weighted by molar-refractivity contribution is 8.15. The van der Waals surface area contributed by atoms with Gasteiger partial charge in [0.05, 0.1) is 12.7 Å². The molecule has 84 valence electrons. The largest absolute Gasteiger partial charge is 0.396 e. The summed E-state index contributed by atoms with van der Waals surface area (Å²) in [4.78, 5) is 0. The Bertz CT molecular complexity index is 160. The van der Waals surface area contributed by atoms with Crippen LogP contribution in [-0.4, -0.2) is 38.0 Å². The Labute approximate surface area is 93.1 Å². The Kier molecular flexibility index (Phi) is 6.68. The molecule has 0 heterocycles. The van der Waals surface area contributed by atoms with Crippen molar-refractivity contribution in [1.82, 2.24) is 0 Å². The Balaban J connectivity index is 3.74. The van der Waals surface area contributed by atoms with Gasteiger partial charge in [0, 0.05) is 12.0 Å². The van der Waals surface area contributed by atoms with Gasteiger partial charge in [0.1, 0.15) is 0 Å². The molecule has 0 aliphatic heterocycles. The zero-order valence-corrected chi connectivity index (χ0v) is 9.85. The molecular weight excluding hydrogens is 199 g/mol. The fourth-order valence-corrected chi connectivity index (χ4v) is 1.52. The zero-order valence-electron chi connectivity index (χ0n) is 10.0. The third-order valence-corrected chi connectivity index (χ3v) is 2.59. The molecule has 5 heteroatoms. The minimum Gasteiger partial charge on any atom is -0.396 e. The molecule has 0 fully saturated rings. The highest BCUT2D eigenvalue weighted by atomic mass is 32.2. The second-order valence-corrected chi connectivity index (χ2v) is 4.58. The molecule has 14 heavy (non-hydrogen) atoms. The van der Waals surface area contributed by atoms with E-state index in [1.165, 1.54) is 0 Å². The number of aliphatic hydroxyl groups is 2. The standard InChI is InChI=1S/C9H21BO3S/c1-9(2,7-13-14-10)8(12)5-3-4-6-11/h8,11-12H,3-7,10H2,1-2H3/i10T. The summed E-state index contributed by atoms with van der Waals surface area (Å²) >= 11 is 1.10. The number of aliphatic hydroxyl groups excluding tert-OH is 2. The lowest BCUT2D eigenvalue weighted by Gasteiger charge is -2.29. The van der Waals surface area contributed by atoms with Gasteiger partial charge in [-0.15, -0.1) is 0 Å². The summed E-state index contributed by atoms with van der Waals surface area (Å²) in [7, 11) is 0.177. The molecule has 0 aliphatic carbocycles. The van der Waals surface area contributed by atoms with Gasteiger partial charge in [-0.3, -0.25) is 0 Å². The van der Waals surface area contributed by atoms with Crippen LogP contribution in [0, 0.1) is 5.41 Å². The molecule has 2 N–H and O–H groups in total. The first kappa shape index (κ1) is 12.4. The maximum absolute atomic E-state index is 9.89. The second-order valence-electron chi connectivity index (χ2n) is 4.10. The molecule has 0 amide bonds. The van der Waals surface area contributed by atoms with Gasteiger partial charge in [-0.2, -0.15) is 0 Å². The van der Waals surface area contributed by atoms with Crippen LogP contribution in [0.15, 0.2) is 0 Å². The highest BCUT2D eigenvalue weighted by Crippen LogP contribution is 2.25. The molecule has 1 unspecified atom stereocenters. The average Bonchev–Trinajstić information content (AvgIpc) is 2.18. The predicted octanol–water partition coefficient (Wildman–Crippen LogP) is 0.749. The molecule has 0 saturated heterocycles. The van der Waals surface area contributed by atoms with E-state index in [-0.39, 0.29) is 19.1 Å². The van der Waals surface area contributed by atoms with E-state index in [4.69, 9.17) is 10.6 Å². The van der Waals surface area contributed by atoms with E-state index in [2.05, 4.69) is 0 Å². The molecule has 1 atom stereocenters. The van der Waals surface area contributed by atoms with E-state index in [0.717, 1.165) is 24.7 Å². The van der Waals surface area contributed by atoms with Crippen LogP contribution < -0.4 is 0 Å². The zero-order chi connectivity index (χ0) is 11.7. The quantitative estimate of drug-likeness (QED) is 0.343. The maximum Gasteiger partial charge on any atom is 0.210 e. The molecular formula is C9H21BO3S. The molecule has 0 rings (SSSR count). The van der Waals surface area contributed by atoms with Gasteiger partial charge in [0.2, 0.25) is 7.09 Å². The van der Waals surface area contributed by atoms with Crippen molar-refractivity contribution in [2.75, 3.05) is 13.2 Å². The van der Waals surface area contributed by atoms with Gasteiger partial charge in [-0.1, -0.05) is 25.7 Å². The number of hydrogen-bond acceptors (Lipinski definition) is 4. The van der Waals surface area contributed by atoms with E-state index in [1.54, 1.807) is 0 Å². The first-order chi connectivity index (χ1) is 7.04. The number of unbranched alkanes of at least 4 members (excludes halogenated alkanes) is 1. The van der Waals surface area contributed by atoms with Crippen molar-refractivity contribution >= 4 is 19.0 Å². The summed E-state index contributed by atoms with van der Waals surface area (Å²) in [5.41, 5.74) is -0.294. The Morgan fingerprint density at radius 1 is 1.57 bits per heavy atom. The first-order valence-electron chi connectivity index (χ1n) is 5.58. The van der Waals surface area contributed by atoms with Gasteiger partial charge < -0.3 is 14.4 Å². The van der Waals surface area contributed by atoms with Gasteiger partial charge in [-0.25, -0.2) is 0 Å². The fourth-order valence-electron chi connectivity index (χ4n) is 1.13. The van der Waals surface area contributed by atoms with Crippen molar-refractivity contribution in [3.05, 3.63) is 0 Å². The average molecular weight is 222 g/mol. The summed E-state index contributed by atoms with van der Waals surface area (Å²) in [6.45, 7) is 4.51. The van der Waals surface area contributed by atoms with Crippen LogP contribution in [-0.2, 0) is 4.18 Å². The Morgan fingerprint density at radius 2 is 2.29 bits per heavy atom. The van der Waals surface area contributed by atoms with Crippen LogP contribution >= 0.6 is 11.9 Å². The smallest absolute Gasteiger partial charge is 0.210 e. The molecule has 0 aliphatic rings. The topological polar surface area (TPSA) is 49.7 Å². The summed E-state index contributed by atoms with van der Waals surface area (Å²) < 4.78 is 12.1. The Hall–Kier alpha value is 0.295. The molecule has 0 saturated carbocycles. The third-order valence-electron chi connectivity index (χ3n) is 2.30. The van der Waals surface area contributed by atoms with E-state index < -0.39 is 6.10 Å². The van der Waals surface area contributed by atoms with Gasteiger partial charge >= 0.3 is 0 Å². The van der Waals surface area contributed by atoms with Crippen molar-refractivity contribution < 1.29 is 14.4 Å². The highest BCUT2D eigenvalue weighted by Gasteiger charge is 2.27. The lowest BCUT2D eigenvalue weighted by molar-refractivity contribution is 0.0134. The number of rotatable bonds is 9. The van der Waals surface area contributed by atoms with Crippen LogP contribution in [0.3, 0.4) is 0 Å². The van der Waals surface area contributed by atoms with Crippen molar-refractivity contribution in [2.24, 2.45) is 5.41 Å². The van der Waals surface area contributed by atoms with E-state index in [0.29, 0.717) is 13.0 Å². The molecule has 0 spiro atoms. The summed E-state index contributed by atoms with van der Waals surface area (Å²) in [5.74, 6) is 0. The monoisotopic (exact) mass is 222 g/mol. The molecule has 0 bridgehead atoms. The molecule has 3 nitrogen and oxygen atoms in total. The van der Waals surface area contributed by atoms with Crippen molar-refractivity contribution in [2.45, 2.75) is 39.2 Å². The van der Waals surface area contributed by atoms with Crippen molar-refractivity contribution in [3.63, 3.8) is 0 Å². The molecule has 0 aromatic carbocycles.